The maximum atomic E-state index is 12.4. The lowest BCUT2D eigenvalue weighted by Gasteiger charge is -2.28. The molecule has 0 aliphatic rings. The fraction of sp³-hybridized carbons (Fsp3) is 0.250. The zero-order valence-corrected chi connectivity index (χ0v) is 16.4. The topological polar surface area (TPSA) is 49.0 Å². The molecule has 0 amide bonds. The molecule has 4 nitrogen and oxygen atoms in total. The summed E-state index contributed by atoms with van der Waals surface area (Å²) < 4.78 is 0. The molecule has 142 valence electrons. The van der Waals surface area contributed by atoms with Crippen molar-refractivity contribution >= 4 is 21.7 Å². The van der Waals surface area contributed by atoms with Crippen LogP contribution in [0.25, 0.3) is 21.7 Å². The van der Waals surface area contributed by atoms with Gasteiger partial charge in [-0.25, -0.2) is 4.98 Å². The number of rotatable bonds is 6. The molecular weight excluding hydrogens is 346 g/mol. The van der Waals surface area contributed by atoms with Gasteiger partial charge in [0.1, 0.15) is 5.82 Å². The number of nitrogens with zero attached hydrogens (tertiary/aromatic N) is 2. The van der Waals surface area contributed by atoms with E-state index in [9.17, 15) is 4.79 Å². The Hall–Kier alpha value is -2.98. The van der Waals surface area contributed by atoms with Gasteiger partial charge in [-0.15, -0.1) is 0 Å². The van der Waals surface area contributed by atoms with Crippen LogP contribution >= 0.6 is 0 Å². The molecule has 1 unspecified atom stereocenters. The van der Waals surface area contributed by atoms with Gasteiger partial charge < -0.3 is 4.98 Å². The number of para-hydroxylation sites is 1. The molecule has 3 aromatic carbocycles. The lowest BCUT2D eigenvalue weighted by molar-refractivity contribution is 0.182. The third-order valence-corrected chi connectivity index (χ3v) is 5.48. The number of aromatic nitrogens is 2. The fourth-order valence-electron chi connectivity index (χ4n) is 3.68. The zero-order valence-electron chi connectivity index (χ0n) is 16.4. The van der Waals surface area contributed by atoms with Gasteiger partial charge >= 0.3 is 0 Å². The molecule has 0 bridgehead atoms. The third kappa shape index (κ3) is 3.69. The molecule has 4 rings (SSSR count). The van der Waals surface area contributed by atoms with E-state index in [2.05, 4.69) is 66.2 Å². The maximum Gasteiger partial charge on any atom is 0.258 e. The van der Waals surface area contributed by atoms with Gasteiger partial charge in [0.2, 0.25) is 0 Å². The highest BCUT2D eigenvalue weighted by atomic mass is 16.1. The van der Waals surface area contributed by atoms with Crippen molar-refractivity contribution < 1.29 is 0 Å². The second-order valence-corrected chi connectivity index (χ2v) is 7.33. The van der Waals surface area contributed by atoms with E-state index in [4.69, 9.17) is 4.98 Å². The molecule has 0 fully saturated rings. The molecule has 28 heavy (non-hydrogen) atoms. The molecule has 4 aromatic rings. The number of nitrogens with one attached hydrogen (secondary N) is 1. The normalized spacial score (nSPS) is 12.7. The number of aromatic amines is 1. The van der Waals surface area contributed by atoms with Gasteiger partial charge in [-0.3, -0.25) is 9.69 Å². The summed E-state index contributed by atoms with van der Waals surface area (Å²) in [6, 6.07) is 22.8. The minimum absolute atomic E-state index is 0.0742. The minimum Gasteiger partial charge on any atom is -0.309 e. The predicted octanol–water partition coefficient (Wildman–Crippen LogP) is 4.88. The first-order valence-electron chi connectivity index (χ1n) is 9.84. The van der Waals surface area contributed by atoms with Crippen LogP contribution in [0.3, 0.4) is 0 Å². The van der Waals surface area contributed by atoms with Gasteiger partial charge in [-0.05, 0) is 41.8 Å². The second-order valence-electron chi connectivity index (χ2n) is 7.33. The monoisotopic (exact) mass is 371 g/mol. The highest BCUT2D eigenvalue weighted by Gasteiger charge is 2.16. The molecule has 4 heteroatoms. The molecule has 0 radical (unpaired) electrons. The Morgan fingerprint density at radius 1 is 0.929 bits per heavy atom. The zero-order chi connectivity index (χ0) is 19.5. The Labute approximate surface area is 164 Å². The van der Waals surface area contributed by atoms with Gasteiger partial charge in [0.05, 0.1) is 17.4 Å². The summed E-state index contributed by atoms with van der Waals surface area (Å²) in [5.41, 5.74) is 1.96. The maximum absolute atomic E-state index is 12.4. The van der Waals surface area contributed by atoms with E-state index >= 15 is 0 Å². The number of hydrogen-bond donors (Lipinski definition) is 1. The Bertz CT molecular complexity index is 1160. The average Bonchev–Trinajstić information content (AvgIpc) is 2.73. The van der Waals surface area contributed by atoms with Gasteiger partial charge in [0.15, 0.2) is 0 Å². The summed E-state index contributed by atoms with van der Waals surface area (Å²) in [4.78, 5) is 22.5. The van der Waals surface area contributed by atoms with E-state index in [1.165, 1.54) is 16.3 Å². The second kappa shape index (κ2) is 7.95. The van der Waals surface area contributed by atoms with Crippen molar-refractivity contribution in [1.29, 1.82) is 0 Å². The van der Waals surface area contributed by atoms with Crippen molar-refractivity contribution in [2.24, 2.45) is 0 Å². The molecular formula is C24H25N3O. The third-order valence-electron chi connectivity index (χ3n) is 5.48. The van der Waals surface area contributed by atoms with Crippen LogP contribution in [0.15, 0.2) is 71.5 Å². The first-order chi connectivity index (χ1) is 13.7. The quantitative estimate of drug-likeness (QED) is 0.526. The lowest BCUT2D eigenvalue weighted by atomic mass is 10.0. The van der Waals surface area contributed by atoms with Crippen molar-refractivity contribution in [2.75, 3.05) is 0 Å². The van der Waals surface area contributed by atoms with Crippen LogP contribution in [0.4, 0.5) is 0 Å². The van der Waals surface area contributed by atoms with E-state index in [1.54, 1.807) is 0 Å². The largest absolute Gasteiger partial charge is 0.309 e. The van der Waals surface area contributed by atoms with E-state index in [0.29, 0.717) is 23.8 Å². The molecule has 0 saturated carbocycles. The molecule has 0 aliphatic carbocycles. The lowest BCUT2D eigenvalue weighted by Crippen LogP contribution is -2.33. The number of benzene rings is 3. The van der Waals surface area contributed by atoms with Crippen molar-refractivity contribution in [3.05, 3.63) is 88.5 Å². The molecule has 0 saturated heterocycles. The van der Waals surface area contributed by atoms with Crippen molar-refractivity contribution in [2.45, 2.75) is 39.4 Å². The number of fused-ring (bicyclic) bond motifs is 2. The smallest absolute Gasteiger partial charge is 0.258 e. The Morgan fingerprint density at radius 3 is 2.46 bits per heavy atom. The first-order valence-corrected chi connectivity index (χ1v) is 9.84. The summed E-state index contributed by atoms with van der Waals surface area (Å²) in [5.74, 6) is 0.712. The Morgan fingerprint density at radius 2 is 1.64 bits per heavy atom. The Balaban J connectivity index is 1.68. The van der Waals surface area contributed by atoms with Gasteiger partial charge in [-0.2, -0.15) is 0 Å². The van der Waals surface area contributed by atoms with Crippen LogP contribution in [-0.2, 0) is 13.1 Å². The molecule has 1 aromatic heterocycles. The summed E-state index contributed by atoms with van der Waals surface area (Å²) in [5, 5.41) is 3.16. The van der Waals surface area contributed by atoms with Gasteiger partial charge in [0, 0.05) is 12.6 Å². The van der Waals surface area contributed by atoms with E-state index in [1.807, 2.05) is 24.3 Å². The van der Waals surface area contributed by atoms with Crippen LogP contribution < -0.4 is 5.56 Å². The summed E-state index contributed by atoms with van der Waals surface area (Å²) in [7, 11) is 0. The van der Waals surface area contributed by atoms with Gasteiger partial charge in [-0.1, -0.05) is 61.5 Å². The SMILES string of the molecule is CCC(C)N(Cc1nc2ccccc2c(=O)[nH]1)Cc1cccc2ccccc12. The number of hydrogen-bond acceptors (Lipinski definition) is 3. The fourth-order valence-corrected chi connectivity index (χ4v) is 3.68. The molecule has 1 atom stereocenters. The highest BCUT2D eigenvalue weighted by molar-refractivity contribution is 5.85. The van der Waals surface area contributed by atoms with Crippen LogP contribution in [0.5, 0.6) is 0 Å². The first kappa shape index (κ1) is 18.4. The molecule has 0 spiro atoms. The van der Waals surface area contributed by atoms with Crippen molar-refractivity contribution in [3.63, 3.8) is 0 Å². The summed E-state index contributed by atoms with van der Waals surface area (Å²) in [6.07, 6.45) is 1.03. The molecule has 1 N–H and O–H groups in total. The standard InChI is InChI=1S/C24H25N3O/c1-3-17(2)27(15-19-11-8-10-18-9-4-5-12-20(18)19)16-23-25-22-14-7-6-13-21(22)24(28)26-23/h4-14,17H,3,15-16H2,1-2H3,(H,25,26,28). The van der Waals surface area contributed by atoms with Crippen molar-refractivity contribution in [1.82, 2.24) is 14.9 Å². The van der Waals surface area contributed by atoms with Gasteiger partial charge in [0.25, 0.3) is 5.56 Å². The minimum atomic E-state index is -0.0742. The molecule has 1 heterocycles. The summed E-state index contributed by atoms with van der Waals surface area (Å²) >= 11 is 0. The molecule has 0 aliphatic heterocycles. The summed E-state index contributed by atoms with van der Waals surface area (Å²) in [6.45, 7) is 5.84. The van der Waals surface area contributed by atoms with Crippen LogP contribution in [0.1, 0.15) is 31.7 Å². The number of H-pyrrole nitrogens is 1. The Kier molecular flexibility index (Phi) is 5.22. The van der Waals surface area contributed by atoms with Crippen molar-refractivity contribution in [3.8, 4) is 0 Å². The predicted molar refractivity (Wildman–Crippen MR) is 115 cm³/mol. The highest BCUT2D eigenvalue weighted by Crippen LogP contribution is 2.22. The van der Waals surface area contributed by atoms with Crippen LogP contribution in [-0.4, -0.2) is 20.9 Å². The van der Waals surface area contributed by atoms with Crippen LogP contribution in [0.2, 0.25) is 0 Å². The average molecular weight is 371 g/mol. The van der Waals surface area contributed by atoms with E-state index < -0.39 is 0 Å². The van der Waals surface area contributed by atoms with E-state index in [-0.39, 0.29) is 5.56 Å². The van der Waals surface area contributed by atoms with E-state index in [0.717, 1.165) is 18.5 Å². The van der Waals surface area contributed by atoms with Crippen LogP contribution in [0, 0.1) is 0 Å².